The Bertz CT molecular complexity index is 901. The Kier molecular flexibility index (Phi) is 6.65. The number of hydrogen-bond acceptors (Lipinski definition) is 3. The third-order valence-electron chi connectivity index (χ3n) is 6.14. The number of unbranched alkanes of at least 4 members (excludes halogenated alkanes) is 2. The molecule has 0 radical (unpaired) electrons. The van der Waals surface area contributed by atoms with E-state index in [1.54, 1.807) is 4.90 Å². The third-order valence-corrected chi connectivity index (χ3v) is 6.14. The van der Waals surface area contributed by atoms with Gasteiger partial charge in [-0.05, 0) is 36.0 Å². The molecular formula is C25H29N3O3. The van der Waals surface area contributed by atoms with Crippen molar-refractivity contribution in [3.8, 4) is 0 Å². The molecule has 1 saturated heterocycles. The molecule has 0 bridgehead atoms. The molecule has 0 unspecified atom stereocenters. The van der Waals surface area contributed by atoms with Crippen LogP contribution in [0, 0.1) is 0 Å². The van der Waals surface area contributed by atoms with Gasteiger partial charge < -0.3 is 10.2 Å². The molecule has 4 amide bonds. The number of fused-ring (bicyclic) bond motifs is 2. The molecule has 0 spiro atoms. The molecule has 6 nitrogen and oxygen atoms in total. The lowest BCUT2D eigenvalue weighted by atomic mass is 9.95. The summed E-state index contributed by atoms with van der Waals surface area (Å²) in [4.78, 5) is 40.6. The second kappa shape index (κ2) is 9.77. The second-order valence-corrected chi connectivity index (χ2v) is 8.29. The van der Waals surface area contributed by atoms with Crippen LogP contribution in [0.15, 0.2) is 54.6 Å². The van der Waals surface area contributed by atoms with Gasteiger partial charge in [-0.2, -0.15) is 0 Å². The molecule has 31 heavy (non-hydrogen) atoms. The molecule has 2 aliphatic heterocycles. The Morgan fingerprint density at radius 1 is 0.935 bits per heavy atom. The molecule has 1 atom stereocenters. The minimum atomic E-state index is -0.363. The van der Waals surface area contributed by atoms with Crippen molar-refractivity contribution in [3.63, 3.8) is 0 Å². The van der Waals surface area contributed by atoms with Crippen LogP contribution in [0.1, 0.15) is 42.4 Å². The lowest BCUT2D eigenvalue weighted by molar-refractivity contribution is -0.128. The lowest BCUT2D eigenvalue weighted by Gasteiger charge is -2.28. The molecule has 1 fully saturated rings. The predicted molar refractivity (Wildman–Crippen MR) is 118 cm³/mol. The normalized spacial score (nSPS) is 17.5. The monoisotopic (exact) mass is 419 g/mol. The van der Waals surface area contributed by atoms with E-state index in [2.05, 4.69) is 17.4 Å². The average molecular weight is 420 g/mol. The highest BCUT2D eigenvalue weighted by Gasteiger charge is 2.46. The van der Waals surface area contributed by atoms with Crippen LogP contribution in [0.2, 0.25) is 0 Å². The van der Waals surface area contributed by atoms with E-state index in [1.165, 1.54) is 10.5 Å². The molecule has 0 saturated carbocycles. The average Bonchev–Trinajstić information content (AvgIpc) is 3.02. The van der Waals surface area contributed by atoms with Crippen molar-refractivity contribution in [2.45, 2.75) is 51.1 Å². The van der Waals surface area contributed by atoms with Crippen molar-refractivity contribution in [3.05, 3.63) is 71.3 Å². The first-order chi connectivity index (χ1) is 15.1. The highest BCUT2D eigenvalue weighted by atomic mass is 16.2. The van der Waals surface area contributed by atoms with Gasteiger partial charge in [-0.15, -0.1) is 0 Å². The molecular weight excluding hydrogens is 390 g/mol. The van der Waals surface area contributed by atoms with Gasteiger partial charge in [0.15, 0.2) is 0 Å². The van der Waals surface area contributed by atoms with Crippen molar-refractivity contribution in [2.24, 2.45) is 0 Å². The molecule has 0 aliphatic carbocycles. The third kappa shape index (κ3) is 4.95. The summed E-state index contributed by atoms with van der Waals surface area (Å²) in [5.74, 6) is -0.0303. The Morgan fingerprint density at radius 3 is 2.48 bits per heavy atom. The van der Waals surface area contributed by atoms with E-state index in [-0.39, 0.29) is 23.9 Å². The molecule has 0 aromatic heterocycles. The van der Waals surface area contributed by atoms with Crippen LogP contribution in [0.3, 0.4) is 0 Å². The van der Waals surface area contributed by atoms with Gasteiger partial charge in [-0.3, -0.25) is 14.5 Å². The summed E-state index contributed by atoms with van der Waals surface area (Å²) in [5, 5.41) is 2.96. The summed E-state index contributed by atoms with van der Waals surface area (Å²) in [5.41, 5.74) is 3.49. The number of carbonyl (C=O) groups is 3. The van der Waals surface area contributed by atoms with Crippen molar-refractivity contribution in [2.75, 3.05) is 13.1 Å². The Labute approximate surface area is 183 Å². The first-order valence-electron chi connectivity index (χ1n) is 11.1. The Morgan fingerprint density at radius 2 is 1.68 bits per heavy atom. The number of amides is 4. The van der Waals surface area contributed by atoms with Gasteiger partial charge in [-0.1, -0.05) is 61.0 Å². The molecule has 2 aliphatic rings. The van der Waals surface area contributed by atoms with Crippen LogP contribution in [-0.2, 0) is 29.0 Å². The number of nitrogens with one attached hydrogen (secondary N) is 1. The Balaban J connectivity index is 1.15. The highest BCUT2D eigenvalue weighted by molar-refractivity contribution is 6.04. The molecule has 162 valence electrons. The van der Waals surface area contributed by atoms with Gasteiger partial charge in [-0.25, -0.2) is 4.79 Å². The zero-order valence-corrected chi connectivity index (χ0v) is 17.8. The van der Waals surface area contributed by atoms with E-state index < -0.39 is 0 Å². The first kappa shape index (κ1) is 21.1. The fourth-order valence-electron chi connectivity index (χ4n) is 4.39. The molecule has 1 N–H and O–H groups in total. The van der Waals surface area contributed by atoms with Crippen molar-refractivity contribution in [1.29, 1.82) is 0 Å². The minimum Gasteiger partial charge on any atom is -0.356 e. The van der Waals surface area contributed by atoms with E-state index in [9.17, 15) is 14.4 Å². The smallest absolute Gasteiger partial charge is 0.327 e. The fourth-order valence-corrected chi connectivity index (χ4v) is 4.39. The Hall–Kier alpha value is -3.15. The maximum Gasteiger partial charge on any atom is 0.327 e. The number of rotatable bonds is 9. The van der Waals surface area contributed by atoms with E-state index in [1.807, 2.05) is 42.5 Å². The topological polar surface area (TPSA) is 69.7 Å². The number of benzene rings is 2. The summed E-state index contributed by atoms with van der Waals surface area (Å²) in [6.07, 6.45) is 4.19. The van der Waals surface area contributed by atoms with E-state index in [0.717, 1.165) is 36.8 Å². The SMILES string of the molecule is O=C(CCCCCN1C(=O)[C@@H]2Cc3ccccc3CN2C1=O)NCCc1ccccc1. The van der Waals surface area contributed by atoms with Crippen molar-refractivity contribution >= 4 is 17.8 Å². The van der Waals surface area contributed by atoms with E-state index in [0.29, 0.717) is 32.5 Å². The van der Waals surface area contributed by atoms with Crippen LogP contribution >= 0.6 is 0 Å². The molecule has 2 aromatic rings. The molecule has 2 aromatic carbocycles. The van der Waals surface area contributed by atoms with Gasteiger partial charge in [0.1, 0.15) is 6.04 Å². The standard InChI is InChI=1S/C25H29N3O3/c29-23(26-15-14-19-9-3-1-4-10-19)13-5-2-8-16-27-24(30)22-17-20-11-6-7-12-21(20)18-28(22)25(27)31/h1,3-4,6-7,9-12,22H,2,5,8,13-18H2,(H,26,29)/t22-/m0/s1. The van der Waals surface area contributed by atoms with Crippen LogP contribution in [-0.4, -0.2) is 46.8 Å². The zero-order valence-electron chi connectivity index (χ0n) is 17.8. The maximum absolute atomic E-state index is 12.8. The van der Waals surface area contributed by atoms with Gasteiger partial charge in [0.25, 0.3) is 5.91 Å². The molecule has 4 rings (SSSR count). The van der Waals surface area contributed by atoms with Crippen LogP contribution in [0.25, 0.3) is 0 Å². The summed E-state index contributed by atoms with van der Waals surface area (Å²) in [6.45, 7) is 1.57. The van der Waals surface area contributed by atoms with E-state index >= 15 is 0 Å². The number of urea groups is 1. The zero-order chi connectivity index (χ0) is 21.6. The van der Waals surface area contributed by atoms with Crippen LogP contribution in [0.5, 0.6) is 0 Å². The van der Waals surface area contributed by atoms with Crippen molar-refractivity contribution < 1.29 is 14.4 Å². The summed E-state index contributed by atoms with van der Waals surface area (Å²) < 4.78 is 0. The minimum absolute atomic E-state index is 0.0548. The molecule has 6 heteroatoms. The maximum atomic E-state index is 12.8. The number of imide groups is 1. The summed E-state index contributed by atoms with van der Waals surface area (Å²) in [6, 6.07) is 17.6. The largest absolute Gasteiger partial charge is 0.356 e. The van der Waals surface area contributed by atoms with Crippen LogP contribution in [0.4, 0.5) is 4.79 Å². The van der Waals surface area contributed by atoms with Crippen molar-refractivity contribution in [1.82, 2.24) is 15.1 Å². The summed E-state index contributed by atoms with van der Waals surface area (Å²) >= 11 is 0. The predicted octanol–water partition coefficient (Wildman–Crippen LogP) is 3.29. The number of carbonyl (C=O) groups excluding carboxylic acids is 3. The lowest BCUT2D eigenvalue weighted by Crippen LogP contribution is -2.39. The summed E-state index contributed by atoms with van der Waals surface area (Å²) in [7, 11) is 0. The van der Waals surface area contributed by atoms with Gasteiger partial charge in [0.05, 0.1) is 0 Å². The van der Waals surface area contributed by atoms with Gasteiger partial charge >= 0.3 is 6.03 Å². The number of nitrogens with zero attached hydrogens (tertiary/aromatic N) is 2. The second-order valence-electron chi connectivity index (χ2n) is 8.29. The molecule has 2 heterocycles. The number of hydrogen-bond donors (Lipinski definition) is 1. The first-order valence-corrected chi connectivity index (χ1v) is 11.1. The van der Waals surface area contributed by atoms with Gasteiger partial charge in [0.2, 0.25) is 5.91 Å². The van der Waals surface area contributed by atoms with Crippen LogP contribution < -0.4 is 5.32 Å². The fraction of sp³-hybridized carbons (Fsp3) is 0.400. The van der Waals surface area contributed by atoms with Gasteiger partial charge in [0, 0.05) is 32.5 Å². The quantitative estimate of drug-likeness (QED) is 0.501. The highest BCUT2D eigenvalue weighted by Crippen LogP contribution is 2.30. The van der Waals surface area contributed by atoms with E-state index in [4.69, 9.17) is 0 Å².